The molecule has 0 radical (unpaired) electrons. The van der Waals surface area contributed by atoms with Crippen molar-refractivity contribution in [1.29, 1.82) is 0 Å². The third kappa shape index (κ3) is 4.73. The van der Waals surface area contributed by atoms with Gasteiger partial charge in [-0.05, 0) is 24.3 Å². The summed E-state index contributed by atoms with van der Waals surface area (Å²) in [5.74, 6) is 0.409. The first-order valence-corrected chi connectivity index (χ1v) is 7.73. The molecule has 1 saturated heterocycles. The van der Waals surface area contributed by atoms with Gasteiger partial charge in [0.1, 0.15) is 18.4 Å². The molecular weight excluding hydrogens is 320 g/mol. The Morgan fingerprint density at radius 2 is 1.72 bits per heavy atom. The highest BCUT2D eigenvalue weighted by atomic mass is 16.7. The standard InChI is InChI=1S/C18H18N2O4.CH4/c21-17-16(13-19-17)20(14-7-3-1-4-8-14)11-12-23-18(22)24-15-9-5-2-6-10-15;/h1-10,16H,11-13H2,(H,19,21);1H4. The van der Waals surface area contributed by atoms with Crippen molar-refractivity contribution in [2.45, 2.75) is 13.5 Å². The number of benzene rings is 2. The Bertz CT molecular complexity index is 691. The van der Waals surface area contributed by atoms with E-state index in [-0.39, 0.29) is 26.0 Å². The molecular formula is C19H22N2O4. The van der Waals surface area contributed by atoms with Crippen LogP contribution < -0.4 is 15.0 Å². The van der Waals surface area contributed by atoms with Crippen LogP contribution in [0.3, 0.4) is 0 Å². The first-order valence-electron chi connectivity index (χ1n) is 7.73. The number of carbonyl (C=O) groups is 2. The van der Waals surface area contributed by atoms with E-state index in [4.69, 9.17) is 9.47 Å². The lowest BCUT2D eigenvalue weighted by atomic mass is 10.1. The van der Waals surface area contributed by atoms with Crippen molar-refractivity contribution < 1.29 is 19.1 Å². The SMILES string of the molecule is C.O=C(OCCN(c1ccccc1)C1CNC1=O)Oc1ccccc1. The van der Waals surface area contributed by atoms with Crippen LogP contribution in [0.1, 0.15) is 7.43 Å². The molecule has 0 bridgehead atoms. The van der Waals surface area contributed by atoms with Crippen LogP contribution >= 0.6 is 0 Å². The van der Waals surface area contributed by atoms with Gasteiger partial charge in [0.05, 0.1) is 6.54 Å². The van der Waals surface area contributed by atoms with E-state index in [0.717, 1.165) is 5.69 Å². The van der Waals surface area contributed by atoms with Crippen molar-refractivity contribution >= 4 is 17.7 Å². The van der Waals surface area contributed by atoms with Gasteiger partial charge in [-0.1, -0.05) is 43.8 Å². The van der Waals surface area contributed by atoms with E-state index in [9.17, 15) is 9.59 Å². The average molecular weight is 342 g/mol. The van der Waals surface area contributed by atoms with Crippen molar-refractivity contribution in [3.63, 3.8) is 0 Å². The number of nitrogens with one attached hydrogen (secondary N) is 1. The fourth-order valence-corrected chi connectivity index (χ4v) is 2.45. The maximum atomic E-state index is 11.7. The molecule has 1 heterocycles. The maximum absolute atomic E-state index is 11.7. The largest absolute Gasteiger partial charge is 0.513 e. The van der Waals surface area contributed by atoms with Gasteiger partial charge in [-0.25, -0.2) is 4.79 Å². The first kappa shape index (κ1) is 18.3. The topological polar surface area (TPSA) is 67.9 Å². The van der Waals surface area contributed by atoms with Gasteiger partial charge in [0.2, 0.25) is 5.91 Å². The molecule has 6 heteroatoms. The molecule has 0 aliphatic carbocycles. The molecule has 25 heavy (non-hydrogen) atoms. The molecule has 6 nitrogen and oxygen atoms in total. The minimum absolute atomic E-state index is 0. The van der Waals surface area contributed by atoms with E-state index in [1.54, 1.807) is 24.3 Å². The zero-order valence-electron chi connectivity index (χ0n) is 13.1. The van der Waals surface area contributed by atoms with Crippen LogP contribution in [-0.2, 0) is 9.53 Å². The third-order valence-corrected chi connectivity index (χ3v) is 3.73. The van der Waals surface area contributed by atoms with Crippen LogP contribution in [0.4, 0.5) is 10.5 Å². The number of rotatable bonds is 6. The van der Waals surface area contributed by atoms with Crippen LogP contribution in [0, 0.1) is 0 Å². The number of para-hydroxylation sites is 2. The predicted molar refractivity (Wildman–Crippen MR) is 95.7 cm³/mol. The number of nitrogens with zero attached hydrogens (tertiary/aromatic N) is 1. The minimum atomic E-state index is -0.757. The first-order chi connectivity index (χ1) is 11.7. The Hall–Kier alpha value is -3.02. The lowest BCUT2D eigenvalue weighted by molar-refractivity contribution is -0.127. The zero-order valence-corrected chi connectivity index (χ0v) is 13.1. The number of anilines is 1. The Morgan fingerprint density at radius 3 is 2.28 bits per heavy atom. The second-order valence-corrected chi connectivity index (χ2v) is 5.30. The van der Waals surface area contributed by atoms with Crippen molar-refractivity contribution in [2.24, 2.45) is 0 Å². The molecule has 1 aliphatic heterocycles. The molecule has 2 aromatic rings. The molecule has 1 fully saturated rings. The van der Waals surface area contributed by atoms with Gasteiger partial charge in [0, 0.05) is 12.2 Å². The van der Waals surface area contributed by atoms with Gasteiger partial charge >= 0.3 is 6.16 Å². The predicted octanol–water partition coefficient (Wildman–Crippen LogP) is 2.84. The fraction of sp³-hybridized carbons (Fsp3) is 0.263. The van der Waals surface area contributed by atoms with Crippen LogP contribution in [0.5, 0.6) is 5.75 Å². The Balaban J connectivity index is 0.00000225. The second kappa shape index (κ2) is 8.73. The average Bonchev–Trinajstić information content (AvgIpc) is 2.61. The number of hydrogen-bond acceptors (Lipinski definition) is 5. The van der Waals surface area contributed by atoms with Crippen LogP contribution in [-0.4, -0.2) is 37.8 Å². The Morgan fingerprint density at radius 1 is 1.08 bits per heavy atom. The highest BCUT2D eigenvalue weighted by Gasteiger charge is 2.33. The summed E-state index contributed by atoms with van der Waals surface area (Å²) in [5, 5.41) is 2.73. The summed E-state index contributed by atoms with van der Waals surface area (Å²) in [6.07, 6.45) is -0.757. The number of amides is 1. The van der Waals surface area contributed by atoms with Crippen molar-refractivity contribution in [1.82, 2.24) is 5.32 Å². The molecule has 132 valence electrons. The monoisotopic (exact) mass is 342 g/mol. The van der Waals surface area contributed by atoms with Gasteiger partial charge in [-0.3, -0.25) is 4.79 Å². The van der Waals surface area contributed by atoms with Crippen molar-refractivity contribution in [3.05, 3.63) is 60.7 Å². The van der Waals surface area contributed by atoms with E-state index in [0.29, 0.717) is 18.8 Å². The van der Waals surface area contributed by atoms with Crippen LogP contribution in [0.25, 0.3) is 0 Å². The van der Waals surface area contributed by atoms with Crippen molar-refractivity contribution in [2.75, 3.05) is 24.6 Å². The summed E-state index contributed by atoms with van der Waals surface area (Å²) < 4.78 is 10.2. The summed E-state index contributed by atoms with van der Waals surface area (Å²) in [7, 11) is 0. The van der Waals surface area contributed by atoms with E-state index in [1.165, 1.54) is 0 Å². The lowest BCUT2D eigenvalue weighted by Crippen LogP contribution is -2.62. The summed E-state index contributed by atoms with van der Waals surface area (Å²) in [4.78, 5) is 25.3. The smallest absolute Gasteiger partial charge is 0.432 e. The molecule has 1 amide bonds. The lowest BCUT2D eigenvalue weighted by Gasteiger charge is -2.38. The Labute approximate surface area is 147 Å². The summed E-state index contributed by atoms with van der Waals surface area (Å²) in [6.45, 7) is 1.12. The van der Waals surface area contributed by atoms with Crippen LogP contribution in [0.15, 0.2) is 60.7 Å². The number of β-lactam (4-membered cyclic amide) rings is 1. The summed E-state index contributed by atoms with van der Waals surface area (Å²) in [5.41, 5.74) is 0.914. The molecule has 2 aromatic carbocycles. The van der Waals surface area contributed by atoms with Gasteiger partial charge in [0.15, 0.2) is 0 Å². The molecule has 1 aliphatic rings. The summed E-state index contributed by atoms with van der Waals surface area (Å²) >= 11 is 0. The minimum Gasteiger partial charge on any atom is -0.432 e. The number of carbonyl (C=O) groups excluding carboxylic acids is 2. The van der Waals surface area contributed by atoms with Gasteiger partial charge in [0.25, 0.3) is 0 Å². The van der Waals surface area contributed by atoms with E-state index in [2.05, 4.69) is 5.32 Å². The molecule has 1 N–H and O–H groups in total. The quantitative estimate of drug-likeness (QED) is 0.497. The van der Waals surface area contributed by atoms with E-state index in [1.807, 2.05) is 41.3 Å². The van der Waals surface area contributed by atoms with Gasteiger partial charge < -0.3 is 19.7 Å². The fourth-order valence-electron chi connectivity index (χ4n) is 2.45. The third-order valence-electron chi connectivity index (χ3n) is 3.73. The molecule has 0 spiro atoms. The Kier molecular flexibility index (Phi) is 6.39. The molecule has 0 aromatic heterocycles. The highest BCUT2D eigenvalue weighted by molar-refractivity contribution is 5.91. The van der Waals surface area contributed by atoms with Gasteiger partial charge in [-0.15, -0.1) is 0 Å². The van der Waals surface area contributed by atoms with E-state index >= 15 is 0 Å². The molecule has 3 rings (SSSR count). The summed E-state index contributed by atoms with van der Waals surface area (Å²) in [6, 6.07) is 18.1. The number of hydrogen-bond donors (Lipinski definition) is 1. The zero-order chi connectivity index (χ0) is 16.8. The van der Waals surface area contributed by atoms with E-state index < -0.39 is 6.16 Å². The highest BCUT2D eigenvalue weighted by Crippen LogP contribution is 2.19. The molecule has 0 saturated carbocycles. The molecule has 1 atom stereocenters. The van der Waals surface area contributed by atoms with Gasteiger partial charge in [-0.2, -0.15) is 0 Å². The normalized spacial score (nSPS) is 15.2. The maximum Gasteiger partial charge on any atom is 0.513 e. The number of ether oxygens (including phenoxy) is 2. The molecule has 1 unspecified atom stereocenters. The van der Waals surface area contributed by atoms with Crippen LogP contribution in [0.2, 0.25) is 0 Å². The second-order valence-electron chi connectivity index (χ2n) is 5.30. The van der Waals surface area contributed by atoms with Crippen molar-refractivity contribution in [3.8, 4) is 5.75 Å².